The number of carbonyl (C=O) groups is 1. The first-order chi connectivity index (χ1) is 15.0. The minimum atomic E-state index is -0.330. The molecule has 3 rings (SSSR count). The van der Waals surface area contributed by atoms with Crippen LogP contribution in [0.15, 0.2) is 53.7 Å². The van der Waals surface area contributed by atoms with Gasteiger partial charge in [0.15, 0.2) is 5.71 Å². The Bertz CT molecular complexity index is 1080. The van der Waals surface area contributed by atoms with Gasteiger partial charge in [-0.15, -0.1) is 0 Å². The second kappa shape index (κ2) is 9.93. The van der Waals surface area contributed by atoms with Crippen molar-refractivity contribution in [3.8, 4) is 17.1 Å². The van der Waals surface area contributed by atoms with Crippen LogP contribution in [0.1, 0.15) is 29.2 Å². The standard InChI is InChI=1S/C24H28N4O3/c1-6-17-11-13-18(14-12-17)21-16(2)24(28(4)26-21)31-15-19-9-7-8-10-20(19)22(27-30-5)23(29)25-3/h7-14H,6,15H2,1-5H3,(H,25,29)/b27-22+. The molecule has 0 saturated carbocycles. The largest absolute Gasteiger partial charge is 0.473 e. The van der Waals surface area contributed by atoms with Crippen LogP contribution in [0, 0.1) is 6.92 Å². The quantitative estimate of drug-likeness (QED) is 0.446. The minimum Gasteiger partial charge on any atom is -0.473 e. The van der Waals surface area contributed by atoms with Crippen LogP contribution in [0.3, 0.4) is 0 Å². The SMILES string of the molecule is CCc1ccc(-c2nn(C)c(OCc3ccccc3/C(=N\OC)C(=O)NC)c2C)cc1. The molecular formula is C24H28N4O3. The predicted molar refractivity (Wildman–Crippen MR) is 121 cm³/mol. The lowest BCUT2D eigenvalue weighted by atomic mass is 10.0. The molecule has 162 valence electrons. The van der Waals surface area contributed by atoms with E-state index in [1.165, 1.54) is 12.7 Å². The summed E-state index contributed by atoms with van der Waals surface area (Å²) < 4.78 is 7.90. The summed E-state index contributed by atoms with van der Waals surface area (Å²) in [7, 11) is 4.83. The van der Waals surface area contributed by atoms with Gasteiger partial charge in [-0.25, -0.2) is 4.68 Å². The van der Waals surface area contributed by atoms with Gasteiger partial charge in [0.1, 0.15) is 13.7 Å². The number of amides is 1. The lowest BCUT2D eigenvalue weighted by Crippen LogP contribution is -2.29. The average Bonchev–Trinajstić information content (AvgIpc) is 3.09. The molecule has 0 radical (unpaired) electrons. The molecule has 0 fully saturated rings. The van der Waals surface area contributed by atoms with Crippen LogP contribution in [0.2, 0.25) is 0 Å². The van der Waals surface area contributed by atoms with E-state index in [4.69, 9.17) is 9.57 Å². The second-order valence-electron chi connectivity index (χ2n) is 7.10. The molecule has 1 N–H and O–H groups in total. The Labute approximate surface area is 182 Å². The summed E-state index contributed by atoms with van der Waals surface area (Å²) in [4.78, 5) is 17.1. The maximum absolute atomic E-state index is 12.3. The van der Waals surface area contributed by atoms with E-state index in [0.29, 0.717) is 11.4 Å². The van der Waals surface area contributed by atoms with Crippen LogP contribution in [-0.4, -0.2) is 35.6 Å². The Balaban J connectivity index is 1.88. The van der Waals surface area contributed by atoms with E-state index in [-0.39, 0.29) is 18.2 Å². The number of carbonyl (C=O) groups excluding carboxylic acids is 1. The van der Waals surface area contributed by atoms with Crippen molar-refractivity contribution in [1.82, 2.24) is 15.1 Å². The molecular weight excluding hydrogens is 392 g/mol. The highest BCUT2D eigenvalue weighted by atomic mass is 16.6. The number of benzene rings is 2. The van der Waals surface area contributed by atoms with Crippen molar-refractivity contribution in [1.29, 1.82) is 0 Å². The van der Waals surface area contributed by atoms with Crippen molar-refractivity contribution in [2.75, 3.05) is 14.2 Å². The summed E-state index contributed by atoms with van der Waals surface area (Å²) in [5.41, 5.74) is 5.85. The normalized spacial score (nSPS) is 11.3. The van der Waals surface area contributed by atoms with Gasteiger partial charge in [0.25, 0.3) is 5.91 Å². The summed E-state index contributed by atoms with van der Waals surface area (Å²) in [6.07, 6.45) is 1.000. The van der Waals surface area contributed by atoms with Crippen LogP contribution in [0.25, 0.3) is 11.3 Å². The zero-order valence-corrected chi connectivity index (χ0v) is 18.6. The van der Waals surface area contributed by atoms with Crippen molar-refractivity contribution < 1.29 is 14.4 Å². The van der Waals surface area contributed by atoms with Gasteiger partial charge in [-0.1, -0.05) is 60.6 Å². The lowest BCUT2D eigenvalue weighted by molar-refractivity contribution is -0.114. The van der Waals surface area contributed by atoms with Gasteiger partial charge in [-0.2, -0.15) is 5.10 Å². The molecule has 0 unspecified atom stereocenters. The van der Waals surface area contributed by atoms with E-state index in [2.05, 4.69) is 46.8 Å². The van der Waals surface area contributed by atoms with Gasteiger partial charge in [-0.3, -0.25) is 4.79 Å². The molecule has 0 atom stereocenters. The summed E-state index contributed by atoms with van der Waals surface area (Å²) in [6, 6.07) is 15.9. The van der Waals surface area contributed by atoms with Gasteiger partial charge < -0.3 is 14.9 Å². The fourth-order valence-electron chi connectivity index (χ4n) is 3.43. The van der Waals surface area contributed by atoms with E-state index in [0.717, 1.165) is 28.8 Å². The number of ether oxygens (including phenoxy) is 1. The number of aryl methyl sites for hydroxylation is 2. The molecule has 0 bridgehead atoms. The molecule has 1 heterocycles. The smallest absolute Gasteiger partial charge is 0.273 e. The van der Waals surface area contributed by atoms with Gasteiger partial charge in [0.05, 0.1) is 5.69 Å². The first-order valence-corrected chi connectivity index (χ1v) is 10.2. The molecule has 7 nitrogen and oxygen atoms in total. The molecule has 0 saturated heterocycles. The van der Waals surface area contributed by atoms with Crippen LogP contribution in [0.5, 0.6) is 5.88 Å². The molecule has 0 aliphatic rings. The maximum atomic E-state index is 12.3. The number of nitrogens with zero attached hydrogens (tertiary/aromatic N) is 3. The highest BCUT2D eigenvalue weighted by Crippen LogP contribution is 2.30. The Kier molecular flexibility index (Phi) is 7.07. The Hall–Kier alpha value is -3.61. The number of rotatable bonds is 8. The Morgan fingerprint density at radius 1 is 1.16 bits per heavy atom. The number of oxime groups is 1. The Morgan fingerprint density at radius 3 is 2.52 bits per heavy atom. The lowest BCUT2D eigenvalue weighted by Gasteiger charge is -2.12. The van der Waals surface area contributed by atoms with E-state index < -0.39 is 0 Å². The summed E-state index contributed by atoms with van der Waals surface area (Å²) in [6.45, 7) is 4.39. The monoisotopic (exact) mass is 420 g/mol. The maximum Gasteiger partial charge on any atom is 0.273 e. The molecule has 3 aromatic rings. The van der Waals surface area contributed by atoms with Crippen molar-refractivity contribution in [3.05, 3.63) is 70.8 Å². The van der Waals surface area contributed by atoms with Gasteiger partial charge in [0.2, 0.25) is 5.88 Å². The van der Waals surface area contributed by atoms with Crippen LogP contribution < -0.4 is 10.1 Å². The number of aromatic nitrogens is 2. The van der Waals surface area contributed by atoms with Gasteiger partial charge >= 0.3 is 0 Å². The van der Waals surface area contributed by atoms with Crippen molar-refractivity contribution in [3.63, 3.8) is 0 Å². The third-order valence-corrected chi connectivity index (χ3v) is 5.12. The summed E-state index contributed by atoms with van der Waals surface area (Å²) >= 11 is 0. The van der Waals surface area contributed by atoms with Crippen molar-refractivity contribution >= 4 is 11.6 Å². The van der Waals surface area contributed by atoms with Crippen LogP contribution in [-0.2, 0) is 29.7 Å². The van der Waals surface area contributed by atoms with Gasteiger partial charge in [0, 0.05) is 30.8 Å². The molecule has 1 amide bonds. The molecule has 1 aromatic heterocycles. The molecule has 0 aliphatic heterocycles. The van der Waals surface area contributed by atoms with E-state index >= 15 is 0 Å². The van der Waals surface area contributed by atoms with E-state index in [1.807, 2.05) is 38.2 Å². The third-order valence-electron chi connectivity index (χ3n) is 5.12. The average molecular weight is 421 g/mol. The first-order valence-electron chi connectivity index (χ1n) is 10.2. The zero-order valence-electron chi connectivity index (χ0n) is 18.6. The highest BCUT2D eigenvalue weighted by molar-refractivity contribution is 6.45. The predicted octanol–water partition coefficient (Wildman–Crippen LogP) is 3.63. The molecule has 31 heavy (non-hydrogen) atoms. The van der Waals surface area contributed by atoms with Crippen molar-refractivity contribution in [2.24, 2.45) is 12.2 Å². The van der Waals surface area contributed by atoms with E-state index in [9.17, 15) is 4.79 Å². The second-order valence-corrected chi connectivity index (χ2v) is 7.10. The number of hydrogen-bond donors (Lipinski definition) is 1. The topological polar surface area (TPSA) is 77.7 Å². The molecule has 7 heteroatoms. The molecule has 0 spiro atoms. The van der Waals surface area contributed by atoms with Crippen LogP contribution in [0.4, 0.5) is 0 Å². The fraction of sp³-hybridized carbons (Fsp3) is 0.292. The van der Waals surface area contributed by atoms with Crippen molar-refractivity contribution in [2.45, 2.75) is 26.9 Å². The third kappa shape index (κ3) is 4.77. The van der Waals surface area contributed by atoms with Crippen LogP contribution >= 0.6 is 0 Å². The molecule has 2 aromatic carbocycles. The summed E-state index contributed by atoms with van der Waals surface area (Å²) in [5.74, 6) is 0.346. The zero-order chi connectivity index (χ0) is 22.4. The number of nitrogens with one attached hydrogen (secondary N) is 1. The molecule has 0 aliphatic carbocycles. The van der Waals surface area contributed by atoms with E-state index in [1.54, 1.807) is 11.7 Å². The summed E-state index contributed by atoms with van der Waals surface area (Å²) in [5, 5.41) is 11.2. The highest BCUT2D eigenvalue weighted by Gasteiger charge is 2.19. The first kappa shape index (κ1) is 22.1. The Morgan fingerprint density at radius 2 is 1.87 bits per heavy atom. The number of likely N-dealkylation sites (N-methyl/N-ethyl adjacent to an activating group) is 1. The number of hydrogen-bond acceptors (Lipinski definition) is 5. The minimum absolute atomic E-state index is 0.197. The fourth-order valence-corrected chi connectivity index (χ4v) is 3.43. The van der Waals surface area contributed by atoms with Gasteiger partial charge in [-0.05, 0) is 24.5 Å².